The van der Waals surface area contributed by atoms with Gasteiger partial charge in [-0.3, -0.25) is 4.79 Å². The van der Waals surface area contributed by atoms with Crippen LogP contribution in [0.3, 0.4) is 0 Å². The summed E-state index contributed by atoms with van der Waals surface area (Å²) in [6, 6.07) is 13.9. The van der Waals surface area contributed by atoms with Crippen LogP contribution in [0.4, 0.5) is 4.39 Å². The van der Waals surface area contributed by atoms with Crippen LogP contribution in [-0.2, 0) is 0 Å². The Hall–Kier alpha value is -1.48. The Bertz CT molecular complexity index is 564. The Morgan fingerprint density at radius 2 is 1.83 bits per heavy atom. The largest absolute Gasteiger partial charge is 0.293 e. The number of rotatable bonds is 3. The maximum atomic E-state index is 14.0. The van der Waals surface area contributed by atoms with Crippen molar-refractivity contribution in [2.24, 2.45) is 0 Å². The number of carbonyl (C=O) groups is 1. The van der Waals surface area contributed by atoms with Crippen molar-refractivity contribution in [2.75, 3.05) is 0 Å². The zero-order valence-corrected chi connectivity index (χ0v) is 11.4. The third kappa shape index (κ3) is 2.67. The second-order valence-electron chi connectivity index (χ2n) is 4.04. The molecule has 0 fully saturated rings. The van der Waals surface area contributed by atoms with Gasteiger partial charge in [0.1, 0.15) is 5.82 Å². The molecule has 1 atom stereocenters. The lowest BCUT2D eigenvalue weighted by Gasteiger charge is -2.07. The molecule has 1 unspecified atom stereocenters. The molecule has 0 aliphatic carbocycles. The highest BCUT2D eigenvalue weighted by Gasteiger charge is 2.14. The number of benzene rings is 2. The normalized spacial score (nSPS) is 12.2. The molecule has 0 spiro atoms. The molecule has 2 aromatic rings. The topological polar surface area (TPSA) is 17.1 Å². The molecule has 0 saturated heterocycles. The summed E-state index contributed by atoms with van der Waals surface area (Å²) >= 11 is 3.19. The van der Waals surface area contributed by atoms with Crippen molar-refractivity contribution < 1.29 is 9.18 Å². The fourth-order valence-electron chi connectivity index (χ4n) is 1.75. The Balaban J connectivity index is 2.40. The minimum absolute atomic E-state index is 0.117. The van der Waals surface area contributed by atoms with E-state index in [4.69, 9.17) is 0 Å². The van der Waals surface area contributed by atoms with E-state index in [-0.39, 0.29) is 16.4 Å². The molecule has 0 N–H and O–H groups in total. The van der Waals surface area contributed by atoms with Gasteiger partial charge in [-0.05, 0) is 18.6 Å². The van der Waals surface area contributed by atoms with E-state index in [1.807, 2.05) is 30.3 Å². The third-order valence-electron chi connectivity index (χ3n) is 2.70. The first-order valence-corrected chi connectivity index (χ1v) is 6.54. The van der Waals surface area contributed by atoms with Crippen molar-refractivity contribution >= 4 is 21.7 Å². The summed E-state index contributed by atoms with van der Waals surface area (Å²) in [6.07, 6.45) is 0. The van der Waals surface area contributed by atoms with E-state index in [9.17, 15) is 9.18 Å². The Labute approximate surface area is 114 Å². The van der Waals surface area contributed by atoms with Gasteiger partial charge in [-0.2, -0.15) is 0 Å². The van der Waals surface area contributed by atoms with E-state index >= 15 is 0 Å². The Morgan fingerprint density at radius 1 is 1.17 bits per heavy atom. The molecule has 0 radical (unpaired) electrons. The lowest BCUT2D eigenvalue weighted by atomic mass is 10.0. The standard InChI is InChI=1S/C15H12BrFO/c1-10(16)15(18)12-7-8-13(14(17)9-12)11-5-3-2-4-6-11/h2-10H,1H3. The molecule has 2 rings (SSSR count). The average molecular weight is 307 g/mol. The van der Waals surface area contributed by atoms with Gasteiger partial charge in [0.05, 0.1) is 4.83 Å². The van der Waals surface area contributed by atoms with Crippen LogP contribution in [0.15, 0.2) is 48.5 Å². The number of carbonyl (C=O) groups excluding carboxylic acids is 1. The van der Waals surface area contributed by atoms with Crippen LogP contribution in [0.2, 0.25) is 0 Å². The zero-order chi connectivity index (χ0) is 13.1. The molecule has 0 heterocycles. The second kappa shape index (κ2) is 5.44. The molecule has 92 valence electrons. The van der Waals surface area contributed by atoms with Gasteiger partial charge in [-0.25, -0.2) is 4.39 Å². The fourth-order valence-corrected chi connectivity index (χ4v) is 2.01. The van der Waals surface area contributed by atoms with Gasteiger partial charge in [-0.1, -0.05) is 58.4 Å². The van der Waals surface area contributed by atoms with Gasteiger partial charge in [-0.15, -0.1) is 0 Å². The van der Waals surface area contributed by atoms with Crippen LogP contribution in [-0.4, -0.2) is 10.6 Å². The van der Waals surface area contributed by atoms with Crippen molar-refractivity contribution in [3.8, 4) is 11.1 Å². The molecule has 0 aliphatic heterocycles. The highest BCUT2D eigenvalue weighted by molar-refractivity contribution is 9.10. The van der Waals surface area contributed by atoms with Crippen molar-refractivity contribution in [1.29, 1.82) is 0 Å². The summed E-state index contributed by atoms with van der Waals surface area (Å²) in [5, 5.41) is 0. The van der Waals surface area contributed by atoms with E-state index in [0.29, 0.717) is 11.1 Å². The molecule has 3 heteroatoms. The van der Waals surface area contributed by atoms with E-state index in [2.05, 4.69) is 15.9 Å². The number of hydrogen-bond donors (Lipinski definition) is 0. The van der Waals surface area contributed by atoms with E-state index < -0.39 is 0 Å². The van der Waals surface area contributed by atoms with Crippen molar-refractivity contribution in [2.45, 2.75) is 11.8 Å². The number of hydrogen-bond acceptors (Lipinski definition) is 1. The summed E-state index contributed by atoms with van der Waals surface area (Å²) in [5.74, 6) is -0.492. The van der Waals surface area contributed by atoms with Crippen LogP contribution in [0.5, 0.6) is 0 Å². The van der Waals surface area contributed by atoms with Gasteiger partial charge in [0.25, 0.3) is 0 Å². The summed E-state index contributed by atoms with van der Waals surface area (Å²) in [5.41, 5.74) is 1.70. The maximum absolute atomic E-state index is 14.0. The molecular formula is C15H12BrFO. The van der Waals surface area contributed by atoms with E-state index in [1.165, 1.54) is 6.07 Å². The minimum Gasteiger partial charge on any atom is -0.293 e. The second-order valence-corrected chi connectivity index (χ2v) is 5.41. The van der Waals surface area contributed by atoms with Crippen molar-refractivity contribution in [3.63, 3.8) is 0 Å². The number of alkyl halides is 1. The molecule has 0 aliphatic rings. The van der Waals surface area contributed by atoms with Crippen LogP contribution < -0.4 is 0 Å². The van der Waals surface area contributed by atoms with Gasteiger partial charge >= 0.3 is 0 Å². The van der Waals surface area contributed by atoms with Crippen molar-refractivity contribution in [3.05, 3.63) is 59.9 Å². The fraction of sp³-hybridized carbons (Fsp3) is 0.133. The molecule has 2 aromatic carbocycles. The van der Waals surface area contributed by atoms with Crippen LogP contribution in [0.1, 0.15) is 17.3 Å². The van der Waals surface area contributed by atoms with Gasteiger partial charge in [0.15, 0.2) is 5.78 Å². The van der Waals surface area contributed by atoms with Crippen LogP contribution in [0, 0.1) is 5.82 Å². The SMILES string of the molecule is CC(Br)C(=O)c1ccc(-c2ccccc2)c(F)c1. The van der Waals surface area contributed by atoms with Gasteiger partial charge in [0, 0.05) is 11.1 Å². The molecule has 0 amide bonds. The molecule has 0 saturated carbocycles. The maximum Gasteiger partial charge on any atom is 0.176 e. The molecule has 18 heavy (non-hydrogen) atoms. The lowest BCUT2D eigenvalue weighted by molar-refractivity contribution is 0.0995. The molecular weight excluding hydrogens is 295 g/mol. The van der Waals surface area contributed by atoms with Gasteiger partial charge in [0.2, 0.25) is 0 Å². The smallest absolute Gasteiger partial charge is 0.176 e. The first-order chi connectivity index (χ1) is 8.59. The van der Waals surface area contributed by atoms with Crippen LogP contribution >= 0.6 is 15.9 Å². The summed E-state index contributed by atoms with van der Waals surface area (Å²) in [6.45, 7) is 1.73. The lowest BCUT2D eigenvalue weighted by Crippen LogP contribution is -2.10. The molecule has 0 bridgehead atoms. The Morgan fingerprint density at radius 3 is 2.39 bits per heavy atom. The third-order valence-corrected chi connectivity index (χ3v) is 3.12. The zero-order valence-electron chi connectivity index (χ0n) is 9.86. The highest BCUT2D eigenvalue weighted by atomic mass is 79.9. The highest BCUT2D eigenvalue weighted by Crippen LogP contribution is 2.24. The monoisotopic (exact) mass is 306 g/mol. The number of Topliss-reactive ketones (excluding diaryl/α,β-unsaturated/α-hetero) is 1. The van der Waals surface area contributed by atoms with E-state index in [0.717, 1.165) is 5.56 Å². The number of halogens is 2. The van der Waals surface area contributed by atoms with Gasteiger partial charge < -0.3 is 0 Å². The molecule has 1 nitrogen and oxygen atoms in total. The quantitative estimate of drug-likeness (QED) is 0.604. The average Bonchev–Trinajstić information content (AvgIpc) is 2.38. The Kier molecular flexibility index (Phi) is 3.92. The first kappa shape index (κ1) is 13.0. The summed E-state index contributed by atoms with van der Waals surface area (Å²) in [4.78, 5) is 11.4. The minimum atomic E-state index is -0.375. The number of ketones is 1. The predicted octanol–water partition coefficient (Wildman–Crippen LogP) is 4.46. The molecule has 0 aromatic heterocycles. The van der Waals surface area contributed by atoms with E-state index in [1.54, 1.807) is 19.1 Å². The van der Waals surface area contributed by atoms with Crippen molar-refractivity contribution in [1.82, 2.24) is 0 Å². The summed E-state index contributed by atoms with van der Waals surface area (Å²) in [7, 11) is 0. The first-order valence-electron chi connectivity index (χ1n) is 5.63. The summed E-state index contributed by atoms with van der Waals surface area (Å²) < 4.78 is 14.0. The predicted molar refractivity (Wildman–Crippen MR) is 74.6 cm³/mol. The van der Waals surface area contributed by atoms with Crippen LogP contribution in [0.25, 0.3) is 11.1 Å².